The van der Waals surface area contributed by atoms with Gasteiger partial charge in [0.1, 0.15) is 11.8 Å². The highest BCUT2D eigenvalue weighted by atomic mass is 19.4. The molecule has 0 radical (unpaired) electrons. The Labute approximate surface area is 130 Å². The smallest absolute Gasteiger partial charge is 0.471 e. The standard InChI is InChI=1S/C15H16F3NO4/c1-23-10-7-5-9(6-8-10)11-3-2-4-12(13(20)21)19(11)14(22)15(16,17)18/h5-8,11-12H,2-4H2,1H3,(H,20,21)/t11-,12+/m0/s1. The zero-order valence-electron chi connectivity index (χ0n) is 12.3. The Balaban J connectivity index is 2.40. The molecule has 0 saturated carbocycles. The number of nitrogens with zero attached hydrogens (tertiary/aromatic N) is 1. The zero-order chi connectivity index (χ0) is 17.2. The Morgan fingerprint density at radius 1 is 1.22 bits per heavy atom. The normalized spacial score (nSPS) is 21.8. The molecule has 0 aromatic heterocycles. The van der Waals surface area contributed by atoms with Gasteiger partial charge in [0.25, 0.3) is 0 Å². The van der Waals surface area contributed by atoms with Crippen molar-refractivity contribution in [1.29, 1.82) is 0 Å². The quantitative estimate of drug-likeness (QED) is 0.925. The van der Waals surface area contributed by atoms with Crippen molar-refractivity contribution in [3.8, 4) is 5.75 Å². The van der Waals surface area contributed by atoms with Gasteiger partial charge in [-0.25, -0.2) is 4.79 Å². The second-order valence-electron chi connectivity index (χ2n) is 5.28. The van der Waals surface area contributed by atoms with Crippen LogP contribution in [0.3, 0.4) is 0 Å². The molecule has 1 aromatic rings. The zero-order valence-corrected chi connectivity index (χ0v) is 12.3. The molecular formula is C15H16F3NO4. The Bertz CT molecular complexity index is 585. The van der Waals surface area contributed by atoms with E-state index in [4.69, 9.17) is 4.74 Å². The fraction of sp³-hybridized carbons (Fsp3) is 0.467. The van der Waals surface area contributed by atoms with Gasteiger partial charge in [-0.2, -0.15) is 13.2 Å². The van der Waals surface area contributed by atoms with E-state index in [1.807, 2.05) is 0 Å². The molecular weight excluding hydrogens is 315 g/mol. The van der Waals surface area contributed by atoms with Gasteiger partial charge in [-0.1, -0.05) is 12.1 Å². The molecule has 1 aliphatic heterocycles. The van der Waals surface area contributed by atoms with Crippen LogP contribution in [0.2, 0.25) is 0 Å². The van der Waals surface area contributed by atoms with E-state index in [0.717, 1.165) is 0 Å². The van der Waals surface area contributed by atoms with Crippen LogP contribution in [-0.4, -0.2) is 41.2 Å². The molecule has 2 atom stereocenters. The number of alkyl halides is 3. The van der Waals surface area contributed by atoms with Crippen molar-refractivity contribution in [3.05, 3.63) is 29.8 Å². The van der Waals surface area contributed by atoms with Crippen molar-refractivity contribution >= 4 is 11.9 Å². The molecule has 2 rings (SSSR count). The van der Waals surface area contributed by atoms with Crippen LogP contribution in [0.25, 0.3) is 0 Å². The van der Waals surface area contributed by atoms with Crippen LogP contribution in [0, 0.1) is 0 Å². The molecule has 5 nitrogen and oxygen atoms in total. The number of piperidine rings is 1. The number of hydrogen-bond acceptors (Lipinski definition) is 3. The minimum atomic E-state index is -5.12. The molecule has 0 aliphatic carbocycles. The average Bonchev–Trinajstić information content (AvgIpc) is 2.52. The van der Waals surface area contributed by atoms with E-state index in [2.05, 4.69) is 0 Å². The van der Waals surface area contributed by atoms with Crippen LogP contribution in [-0.2, 0) is 9.59 Å². The van der Waals surface area contributed by atoms with E-state index in [9.17, 15) is 27.9 Å². The van der Waals surface area contributed by atoms with E-state index in [1.54, 1.807) is 24.3 Å². The summed E-state index contributed by atoms with van der Waals surface area (Å²) in [5.74, 6) is -3.03. The highest BCUT2D eigenvalue weighted by Crippen LogP contribution is 2.38. The van der Waals surface area contributed by atoms with E-state index in [1.165, 1.54) is 7.11 Å². The Morgan fingerprint density at radius 3 is 2.30 bits per heavy atom. The summed E-state index contributed by atoms with van der Waals surface area (Å²) in [6.07, 6.45) is -4.41. The number of aliphatic carboxylic acids is 1. The Morgan fingerprint density at radius 2 is 1.83 bits per heavy atom. The van der Waals surface area contributed by atoms with Crippen LogP contribution >= 0.6 is 0 Å². The van der Waals surface area contributed by atoms with Gasteiger partial charge in [-0.3, -0.25) is 4.79 Å². The third-order valence-electron chi connectivity index (χ3n) is 3.89. The third-order valence-corrected chi connectivity index (χ3v) is 3.89. The van der Waals surface area contributed by atoms with Gasteiger partial charge < -0.3 is 14.7 Å². The molecule has 23 heavy (non-hydrogen) atoms. The van der Waals surface area contributed by atoms with Crippen LogP contribution < -0.4 is 4.74 Å². The number of benzene rings is 1. The Hall–Kier alpha value is -2.25. The molecule has 126 valence electrons. The van der Waals surface area contributed by atoms with Gasteiger partial charge in [0.2, 0.25) is 0 Å². The van der Waals surface area contributed by atoms with Crippen molar-refractivity contribution in [2.24, 2.45) is 0 Å². The topological polar surface area (TPSA) is 66.8 Å². The maximum atomic E-state index is 12.9. The summed E-state index contributed by atoms with van der Waals surface area (Å²) in [7, 11) is 1.45. The second kappa shape index (κ2) is 6.47. The minimum absolute atomic E-state index is 0.00378. The number of hydrogen-bond donors (Lipinski definition) is 1. The number of rotatable bonds is 3. The van der Waals surface area contributed by atoms with Crippen LogP contribution in [0.4, 0.5) is 13.2 Å². The molecule has 1 saturated heterocycles. The lowest BCUT2D eigenvalue weighted by molar-refractivity contribution is -0.195. The molecule has 8 heteroatoms. The maximum absolute atomic E-state index is 12.9. The number of ether oxygens (including phenoxy) is 1. The number of carboxylic acids is 1. The SMILES string of the molecule is COc1ccc([C@@H]2CCC[C@H](C(=O)O)N2C(=O)C(F)(F)F)cc1. The molecule has 0 unspecified atom stereocenters. The number of methoxy groups -OCH3 is 1. The molecule has 0 bridgehead atoms. The minimum Gasteiger partial charge on any atom is -0.497 e. The molecule has 1 heterocycles. The summed E-state index contributed by atoms with van der Waals surface area (Å²) < 4.78 is 43.6. The summed E-state index contributed by atoms with van der Waals surface area (Å²) >= 11 is 0. The van der Waals surface area contributed by atoms with Gasteiger partial charge >= 0.3 is 18.1 Å². The van der Waals surface area contributed by atoms with Crippen molar-refractivity contribution in [2.75, 3.05) is 7.11 Å². The molecule has 1 fully saturated rings. The summed E-state index contributed by atoms with van der Waals surface area (Å²) in [4.78, 5) is 23.5. The molecule has 1 N–H and O–H groups in total. The summed E-state index contributed by atoms with van der Waals surface area (Å²) in [6.45, 7) is 0. The first kappa shape index (κ1) is 17.1. The van der Waals surface area contributed by atoms with E-state index < -0.39 is 30.1 Å². The Kier molecular flexibility index (Phi) is 4.82. The van der Waals surface area contributed by atoms with Gasteiger partial charge in [-0.05, 0) is 37.0 Å². The van der Waals surface area contributed by atoms with E-state index in [-0.39, 0.29) is 12.8 Å². The largest absolute Gasteiger partial charge is 0.497 e. The van der Waals surface area contributed by atoms with Gasteiger partial charge in [0.15, 0.2) is 0 Å². The predicted octanol–water partition coefficient (Wildman–Crippen LogP) is 2.76. The van der Waals surface area contributed by atoms with Crippen molar-refractivity contribution in [1.82, 2.24) is 4.90 Å². The number of carbonyl (C=O) groups is 2. The van der Waals surface area contributed by atoms with Crippen molar-refractivity contribution in [3.63, 3.8) is 0 Å². The first-order valence-corrected chi connectivity index (χ1v) is 7.02. The highest BCUT2D eigenvalue weighted by molar-refractivity contribution is 5.87. The summed E-state index contributed by atoms with van der Waals surface area (Å²) in [5.41, 5.74) is 0.453. The number of halogens is 3. The fourth-order valence-electron chi connectivity index (χ4n) is 2.83. The lowest BCUT2D eigenvalue weighted by Gasteiger charge is -2.40. The number of carboxylic acid groups (broad SMARTS) is 1. The molecule has 0 spiro atoms. The van der Waals surface area contributed by atoms with E-state index >= 15 is 0 Å². The maximum Gasteiger partial charge on any atom is 0.471 e. The third kappa shape index (κ3) is 3.57. The summed E-state index contributed by atoms with van der Waals surface area (Å²) in [5, 5.41) is 9.19. The summed E-state index contributed by atoms with van der Waals surface area (Å²) in [6, 6.07) is 3.82. The lowest BCUT2D eigenvalue weighted by atomic mass is 9.90. The average molecular weight is 331 g/mol. The second-order valence-corrected chi connectivity index (χ2v) is 5.28. The first-order chi connectivity index (χ1) is 10.8. The van der Waals surface area contributed by atoms with Crippen LogP contribution in [0.5, 0.6) is 5.75 Å². The number of likely N-dealkylation sites (tertiary alicyclic amines) is 1. The van der Waals surface area contributed by atoms with Crippen molar-refractivity contribution in [2.45, 2.75) is 37.5 Å². The number of amides is 1. The number of carbonyl (C=O) groups excluding carboxylic acids is 1. The van der Waals surface area contributed by atoms with E-state index in [0.29, 0.717) is 22.6 Å². The fourth-order valence-corrected chi connectivity index (χ4v) is 2.83. The lowest BCUT2D eigenvalue weighted by Crippen LogP contribution is -2.53. The van der Waals surface area contributed by atoms with Gasteiger partial charge in [-0.15, -0.1) is 0 Å². The van der Waals surface area contributed by atoms with Crippen molar-refractivity contribution < 1.29 is 32.6 Å². The molecule has 1 amide bonds. The highest BCUT2D eigenvalue weighted by Gasteiger charge is 2.50. The molecule has 1 aromatic carbocycles. The monoisotopic (exact) mass is 331 g/mol. The first-order valence-electron chi connectivity index (χ1n) is 7.02. The molecule has 1 aliphatic rings. The van der Waals surface area contributed by atoms with Gasteiger partial charge in [0.05, 0.1) is 13.2 Å². The predicted molar refractivity (Wildman–Crippen MR) is 73.9 cm³/mol. The van der Waals surface area contributed by atoms with Gasteiger partial charge in [0, 0.05) is 0 Å². The van der Waals surface area contributed by atoms with Crippen LogP contribution in [0.1, 0.15) is 30.9 Å². The van der Waals surface area contributed by atoms with Crippen LogP contribution in [0.15, 0.2) is 24.3 Å².